The van der Waals surface area contributed by atoms with Crippen LogP contribution in [-0.2, 0) is 11.0 Å². The van der Waals surface area contributed by atoms with Crippen molar-refractivity contribution in [2.24, 2.45) is 5.92 Å². The van der Waals surface area contributed by atoms with Gasteiger partial charge in [0.05, 0.1) is 16.6 Å². The van der Waals surface area contributed by atoms with Crippen LogP contribution in [-0.4, -0.2) is 68.1 Å². The molecule has 0 unspecified atom stereocenters. The van der Waals surface area contributed by atoms with E-state index in [1.165, 1.54) is 4.90 Å². The van der Waals surface area contributed by atoms with E-state index in [0.717, 1.165) is 31.7 Å². The topological polar surface area (TPSA) is 78.1 Å². The first-order valence-electron chi connectivity index (χ1n) is 11.6. The molecule has 3 aliphatic rings. The van der Waals surface area contributed by atoms with Gasteiger partial charge in [0.15, 0.2) is 5.69 Å². The third kappa shape index (κ3) is 4.04. The number of hydrogen-bond acceptors (Lipinski definition) is 4. The highest BCUT2D eigenvalue weighted by Gasteiger charge is 2.41. The smallest absolute Gasteiger partial charge is 0.393 e. The lowest BCUT2D eigenvalue weighted by atomic mass is 10.0. The van der Waals surface area contributed by atoms with Gasteiger partial charge in [0, 0.05) is 19.1 Å². The second-order valence-corrected chi connectivity index (χ2v) is 9.96. The first kappa shape index (κ1) is 23.4. The number of rotatable bonds is 4. The molecule has 5 rings (SSSR count). The second-order valence-electron chi connectivity index (χ2n) is 9.58. The van der Waals surface area contributed by atoms with Crippen molar-refractivity contribution in [3.05, 3.63) is 34.1 Å². The SMILES string of the molecule is CC[C@H]1C[C@@H](N2CCN(C(=O)c3nn4c(C(F)(F)F)cc(C5CC5)cc4c3Cl)CC2=O)C[C@@H]1O. The normalized spacial score (nSPS) is 26.1. The van der Waals surface area contributed by atoms with Gasteiger partial charge in [-0.3, -0.25) is 9.59 Å². The molecule has 184 valence electrons. The molecule has 11 heteroatoms. The van der Waals surface area contributed by atoms with Crippen LogP contribution < -0.4 is 0 Å². The van der Waals surface area contributed by atoms with Crippen molar-refractivity contribution in [1.82, 2.24) is 19.4 Å². The maximum Gasteiger partial charge on any atom is 0.433 e. The molecule has 3 heterocycles. The van der Waals surface area contributed by atoms with Gasteiger partial charge in [-0.25, -0.2) is 4.52 Å². The number of hydrogen-bond donors (Lipinski definition) is 1. The van der Waals surface area contributed by atoms with Crippen molar-refractivity contribution in [3.63, 3.8) is 0 Å². The quantitative estimate of drug-likeness (QED) is 0.697. The van der Waals surface area contributed by atoms with Crippen LogP contribution >= 0.6 is 11.6 Å². The van der Waals surface area contributed by atoms with E-state index < -0.39 is 23.9 Å². The van der Waals surface area contributed by atoms with Gasteiger partial charge in [0.1, 0.15) is 12.2 Å². The monoisotopic (exact) mass is 498 g/mol. The maximum atomic E-state index is 13.7. The number of nitrogens with zero attached hydrogens (tertiary/aromatic N) is 4. The summed E-state index contributed by atoms with van der Waals surface area (Å²) in [4.78, 5) is 29.0. The van der Waals surface area contributed by atoms with Gasteiger partial charge in [-0.15, -0.1) is 0 Å². The molecule has 0 aromatic carbocycles. The molecule has 2 aliphatic carbocycles. The van der Waals surface area contributed by atoms with Crippen molar-refractivity contribution in [1.29, 1.82) is 0 Å². The van der Waals surface area contributed by atoms with E-state index in [4.69, 9.17) is 11.6 Å². The van der Waals surface area contributed by atoms with Crippen LogP contribution in [0.1, 0.15) is 66.7 Å². The molecule has 0 radical (unpaired) electrons. The van der Waals surface area contributed by atoms with Gasteiger partial charge in [0.2, 0.25) is 5.91 Å². The molecule has 0 bridgehead atoms. The minimum atomic E-state index is -4.66. The summed E-state index contributed by atoms with van der Waals surface area (Å²) in [6.07, 6.45) is -1.41. The lowest BCUT2D eigenvalue weighted by Crippen LogP contribution is -2.55. The van der Waals surface area contributed by atoms with Crippen LogP contribution in [0, 0.1) is 5.92 Å². The highest BCUT2D eigenvalue weighted by Crippen LogP contribution is 2.43. The van der Waals surface area contributed by atoms with E-state index in [-0.39, 0.29) is 53.1 Å². The predicted octanol–water partition coefficient (Wildman–Crippen LogP) is 3.72. The molecule has 1 saturated heterocycles. The van der Waals surface area contributed by atoms with Crippen molar-refractivity contribution in [2.45, 2.75) is 63.3 Å². The largest absolute Gasteiger partial charge is 0.433 e. The molecule has 1 aliphatic heterocycles. The Labute approximate surface area is 199 Å². The molecular formula is C23H26ClF3N4O3. The molecule has 2 saturated carbocycles. The fourth-order valence-corrected chi connectivity index (χ4v) is 5.55. The molecule has 3 atom stereocenters. The maximum absolute atomic E-state index is 13.7. The molecule has 0 spiro atoms. The summed E-state index contributed by atoms with van der Waals surface area (Å²) >= 11 is 6.39. The summed E-state index contributed by atoms with van der Waals surface area (Å²) < 4.78 is 41.9. The predicted molar refractivity (Wildman–Crippen MR) is 118 cm³/mol. The van der Waals surface area contributed by atoms with Gasteiger partial charge in [-0.2, -0.15) is 18.3 Å². The number of alkyl halides is 3. The lowest BCUT2D eigenvalue weighted by molar-refractivity contribution is -0.142. The van der Waals surface area contributed by atoms with Crippen LogP contribution in [0.2, 0.25) is 5.02 Å². The fourth-order valence-electron chi connectivity index (χ4n) is 5.29. The molecule has 7 nitrogen and oxygen atoms in total. The van der Waals surface area contributed by atoms with Crippen LogP contribution in [0.25, 0.3) is 5.52 Å². The Kier molecular flexibility index (Phi) is 5.79. The summed E-state index contributed by atoms with van der Waals surface area (Å²) in [7, 11) is 0. The third-order valence-corrected chi connectivity index (χ3v) is 7.75. The molecule has 3 fully saturated rings. The average molecular weight is 499 g/mol. The Hall–Kier alpha value is -2.33. The number of piperazine rings is 1. The van der Waals surface area contributed by atoms with Crippen LogP contribution in [0.15, 0.2) is 12.1 Å². The zero-order valence-electron chi connectivity index (χ0n) is 18.7. The number of fused-ring (bicyclic) bond motifs is 1. The van der Waals surface area contributed by atoms with E-state index in [1.807, 2.05) is 6.92 Å². The van der Waals surface area contributed by atoms with Gasteiger partial charge in [-0.05, 0) is 55.2 Å². The van der Waals surface area contributed by atoms with E-state index in [1.54, 1.807) is 11.0 Å². The van der Waals surface area contributed by atoms with Crippen molar-refractivity contribution in [3.8, 4) is 0 Å². The zero-order valence-corrected chi connectivity index (χ0v) is 19.4. The molecule has 2 aromatic rings. The highest BCUT2D eigenvalue weighted by atomic mass is 35.5. The molecule has 2 aromatic heterocycles. The Bertz CT molecular complexity index is 1150. The highest BCUT2D eigenvalue weighted by molar-refractivity contribution is 6.36. The number of amides is 2. The van der Waals surface area contributed by atoms with E-state index in [9.17, 15) is 27.9 Å². The number of halogens is 4. The number of pyridine rings is 1. The van der Waals surface area contributed by atoms with Crippen molar-refractivity contribution in [2.75, 3.05) is 19.6 Å². The summed E-state index contributed by atoms with van der Waals surface area (Å²) in [5.74, 6) is -0.706. The van der Waals surface area contributed by atoms with Crippen molar-refractivity contribution >= 4 is 28.9 Å². The molecular weight excluding hydrogens is 473 g/mol. The van der Waals surface area contributed by atoms with Crippen LogP contribution in [0.3, 0.4) is 0 Å². The lowest BCUT2D eigenvalue weighted by Gasteiger charge is -2.37. The van der Waals surface area contributed by atoms with Gasteiger partial charge in [0.25, 0.3) is 5.91 Å². The van der Waals surface area contributed by atoms with Crippen LogP contribution in [0.5, 0.6) is 0 Å². The third-order valence-electron chi connectivity index (χ3n) is 7.38. The Morgan fingerprint density at radius 2 is 1.97 bits per heavy atom. The molecule has 1 N–H and O–H groups in total. The minimum Gasteiger partial charge on any atom is -0.393 e. The molecule has 34 heavy (non-hydrogen) atoms. The Morgan fingerprint density at radius 1 is 1.24 bits per heavy atom. The number of aliphatic hydroxyl groups excluding tert-OH is 1. The molecule has 2 amide bonds. The number of carbonyl (C=O) groups is 2. The Morgan fingerprint density at radius 3 is 2.56 bits per heavy atom. The fraction of sp³-hybridized carbons (Fsp3) is 0.609. The second kappa shape index (κ2) is 8.41. The number of aromatic nitrogens is 2. The van der Waals surface area contributed by atoms with Crippen LogP contribution in [0.4, 0.5) is 13.2 Å². The van der Waals surface area contributed by atoms with Gasteiger partial charge in [-0.1, -0.05) is 24.9 Å². The number of aliphatic hydroxyl groups is 1. The van der Waals surface area contributed by atoms with Gasteiger partial charge < -0.3 is 14.9 Å². The summed E-state index contributed by atoms with van der Waals surface area (Å²) in [5.41, 5.74) is -0.687. The summed E-state index contributed by atoms with van der Waals surface area (Å²) in [6.45, 7) is 2.32. The summed E-state index contributed by atoms with van der Waals surface area (Å²) in [5, 5.41) is 14.0. The minimum absolute atomic E-state index is 0.0391. The van der Waals surface area contributed by atoms with E-state index >= 15 is 0 Å². The van der Waals surface area contributed by atoms with Gasteiger partial charge >= 0.3 is 6.18 Å². The number of carbonyl (C=O) groups excluding carboxylic acids is 2. The first-order valence-corrected chi connectivity index (χ1v) is 12.0. The standard InChI is InChI=1S/C23H26ClF3N4O3/c1-2-12-7-15(10-17(12)32)30-6-5-29(11-19(30)33)22(34)21-20(24)16-8-14(13-3-4-13)9-18(23(25,26)27)31(16)28-21/h8-9,12-13,15,17,32H,2-7,10-11H2,1H3/t12-,15+,17-/m0/s1. The zero-order chi connectivity index (χ0) is 24.4. The average Bonchev–Trinajstić information content (AvgIpc) is 3.50. The van der Waals surface area contributed by atoms with Crippen molar-refractivity contribution < 1.29 is 27.9 Å². The van der Waals surface area contributed by atoms with E-state index in [0.29, 0.717) is 23.0 Å². The van der Waals surface area contributed by atoms with E-state index in [2.05, 4.69) is 5.10 Å². The summed E-state index contributed by atoms with van der Waals surface area (Å²) in [6, 6.07) is 2.57. The Balaban J connectivity index is 1.39. The first-order chi connectivity index (χ1) is 16.1.